The number of hydrogen-bond acceptors (Lipinski definition) is 5. The average Bonchev–Trinajstić information content (AvgIpc) is 2.45. The zero-order chi connectivity index (χ0) is 15.5. The highest BCUT2D eigenvalue weighted by Crippen LogP contribution is 2.24. The molecule has 0 aromatic heterocycles. The molecule has 0 fully saturated rings. The van der Waals surface area contributed by atoms with Crippen LogP contribution < -0.4 is 15.2 Å². The Morgan fingerprint density at radius 1 is 1.10 bits per heavy atom. The molecule has 0 aliphatic rings. The summed E-state index contributed by atoms with van der Waals surface area (Å²) in [6.07, 6.45) is 1.17. The molecule has 0 radical (unpaired) electrons. The third-order valence-corrected chi connectivity index (χ3v) is 4.09. The Bertz CT molecular complexity index is 724. The zero-order valence-corrected chi connectivity index (χ0v) is 12.7. The van der Waals surface area contributed by atoms with E-state index in [1.807, 2.05) is 6.07 Å². The molecule has 0 amide bonds. The van der Waals surface area contributed by atoms with E-state index in [2.05, 4.69) is 0 Å². The number of nitrogen functional groups attached to an aromatic ring is 1. The highest BCUT2D eigenvalue weighted by molar-refractivity contribution is 7.90. The van der Waals surface area contributed by atoms with Crippen LogP contribution in [0, 0.1) is 0 Å². The number of rotatable bonds is 5. The first-order valence-corrected chi connectivity index (χ1v) is 8.14. The lowest BCUT2D eigenvalue weighted by Crippen LogP contribution is -2.00. The second-order valence-electron chi connectivity index (χ2n) is 4.60. The molecule has 0 unspecified atom stereocenters. The van der Waals surface area contributed by atoms with Crippen molar-refractivity contribution < 1.29 is 17.9 Å². The van der Waals surface area contributed by atoms with Crippen molar-refractivity contribution in [1.82, 2.24) is 0 Å². The fourth-order valence-corrected chi connectivity index (χ4v) is 2.46. The fraction of sp³-hybridized carbons (Fsp3) is 0.200. The molecule has 21 heavy (non-hydrogen) atoms. The van der Waals surface area contributed by atoms with E-state index in [1.54, 1.807) is 31.4 Å². The van der Waals surface area contributed by atoms with Crippen molar-refractivity contribution in [3.05, 3.63) is 48.0 Å². The maximum absolute atomic E-state index is 11.4. The topological polar surface area (TPSA) is 78.6 Å². The van der Waals surface area contributed by atoms with Gasteiger partial charge in [0, 0.05) is 23.6 Å². The first kappa shape index (κ1) is 15.2. The summed E-state index contributed by atoms with van der Waals surface area (Å²) in [6, 6.07) is 11.6. The Labute approximate surface area is 124 Å². The second kappa shape index (κ2) is 6.05. The van der Waals surface area contributed by atoms with E-state index >= 15 is 0 Å². The summed E-state index contributed by atoms with van der Waals surface area (Å²) >= 11 is 0. The van der Waals surface area contributed by atoms with Crippen LogP contribution in [0.3, 0.4) is 0 Å². The summed E-state index contributed by atoms with van der Waals surface area (Å²) in [4.78, 5) is 0.264. The molecule has 112 valence electrons. The molecule has 5 nitrogen and oxygen atoms in total. The molecule has 0 heterocycles. The molecule has 0 saturated heterocycles. The van der Waals surface area contributed by atoms with E-state index in [0.717, 1.165) is 5.56 Å². The Morgan fingerprint density at radius 3 is 2.33 bits per heavy atom. The lowest BCUT2D eigenvalue weighted by atomic mass is 10.2. The number of hydrogen-bond donors (Lipinski definition) is 1. The predicted octanol–water partition coefficient (Wildman–Crippen LogP) is 2.26. The van der Waals surface area contributed by atoms with Gasteiger partial charge in [-0.2, -0.15) is 0 Å². The monoisotopic (exact) mass is 307 g/mol. The Morgan fingerprint density at radius 2 is 1.76 bits per heavy atom. The molecule has 0 aliphatic carbocycles. The van der Waals surface area contributed by atoms with Crippen LogP contribution in [0.4, 0.5) is 5.69 Å². The van der Waals surface area contributed by atoms with E-state index in [-0.39, 0.29) is 4.90 Å². The van der Waals surface area contributed by atoms with Gasteiger partial charge in [0.2, 0.25) is 0 Å². The van der Waals surface area contributed by atoms with Gasteiger partial charge in [0.15, 0.2) is 9.84 Å². The van der Waals surface area contributed by atoms with Crippen LogP contribution in [0.25, 0.3) is 0 Å². The largest absolute Gasteiger partial charge is 0.496 e. The first-order valence-electron chi connectivity index (χ1n) is 6.25. The molecule has 6 heteroatoms. The quantitative estimate of drug-likeness (QED) is 0.857. The number of anilines is 1. The van der Waals surface area contributed by atoms with Gasteiger partial charge in [0.05, 0.1) is 12.0 Å². The number of benzene rings is 2. The van der Waals surface area contributed by atoms with Crippen LogP contribution in [0.15, 0.2) is 47.4 Å². The van der Waals surface area contributed by atoms with Crippen LogP contribution in [-0.2, 0) is 16.4 Å². The van der Waals surface area contributed by atoms with E-state index in [0.29, 0.717) is 23.8 Å². The van der Waals surface area contributed by atoms with Crippen LogP contribution in [0.5, 0.6) is 11.5 Å². The number of ether oxygens (including phenoxy) is 2. The molecule has 2 N–H and O–H groups in total. The maximum Gasteiger partial charge on any atom is 0.175 e. The minimum absolute atomic E-state index is 0.264. The van der Waals surface area contributed by atoms with Gasteiger partial charge in [-0.3, -0.25) is 0 Å². The van der Waals surface area contributed by atoms with Crippen molar-refractivity contribution in [3.8, 4) is 11.5 Å². The highest BCUT2D eigenvalue weighted by Gasteiger charge is 2.08. The van der Waals surface area contributed by atoms with E-state index in [4.69, 9.17) is 15.2 Å². The predicted molar refractivity (Wildman–Crippen MR) is 81.3 cm³/mol. The Kier molecular flexibility index (Phi) is 4.37. The van der Waals surface area contributed by atoms with Gasteiger partial charge in [-0.05, 0) is 36.4 Å². The van der Waals surface area contributed by atoms with Crippen LogP contribution in [0.1, 0.15) is 5.56 Å². The van der Waals surface area contributed by atoms with Crippen molar-refractivity contribution in [1.29, 1.82) is 0 Å². The highest BCUT2D eigenvalue weighted by atomic mass is 32.2. The molecular formula is C15H17NO4S. The van der Waals surface area contributed by atoms with Crippen molar-refractivity contribution in [2.75, 3.05) is 19.1 Å². The summed E-state index contributed by atoms with van der Waals surface area (Å²) < 4.78 is 33.6. The van der Waals surface area contributed by atoms with Gasteiger partial charge >= 0.3 is 0 Å². The van der Waals surface area contributed by atoms with Gasteiger partial charge < -0.3 is 15.2 Å². The molecule has 2 aromatic carbocycles. The minimum atomic E-state index is -3.19. The molecule has 0 aliphatic heterocycles. The SMILES string of the molecule is COc1cc(N)ccc1COc1ccc(S(C)(=O)=O)cc1. The zero-order valence-electron chi connectivity index (χ0n) is 11.9. The van der Waals surface area contributed by atoms with Crippen LogP contribution in [0.2, 0.25) is 0 Å². The molecular weight excluding hydrogens is 290 g/mol. The maximum atomic E-state index is 11.4. The molecule has 2 rings (SSSR count). The Hall–Kier alpha value is -2.21. The summed E-state index contributed by atoms with van der Waals surface area (Å²) in [7, 11) is -1.62. The van der Waals surface area contributed by atoms with Crippen molar-refractivity contribution in [3.63, 3.8) is 0 Å². The second-order valence-corrected chi connectivity index (χ2v) is 6.62. The van der Waals surface area contributed by atoms with E-state index in [1.165, 1.54) is 18.4 Å². The minimum Gasteiger partial charge on any atom is -0.496 e. The van der Waals surface area contributed by atoms with Crippen molar-refractivity contribution >= 4 is 15.5 Å². The number of nitrogens with two attached hydrogens (primary N) is 1. The van der Waals surface area contributed by atoms with Crippen LogP contribution >= 0.6 is 0 Å². The fourth-order valence-electron chi connectivity index (χ4n) is 1.82. The molecule has 0 atom stereocenters. The molecule has 0 saturated carbocycles. The number of methoxy groups -OCH3 is 1. The van der Waals surface area contributed by atoms with Crippen LogP contribution in [-0.4, -0.2) is 21.8 Å². The van der Waals surface area contributed by atoms with Gasteiger partial charge in [-0.15, -0.1) is 0 Å². The summed E-state index contributed by atoms with van der Waals surface area (Å²) in [5.74, 6) is 1.24. The van der Waals surface area contributed by atoms with Gasteiger partial charge in [0.25, 0.3) is 0 Å². The Balaban J connectivity index is 2.10. The molecule has 0 spiro atoms. The summed E-state index contributed by atoms with van der Waals surface area (Å²) in [5.41, 5.74) is 7.17. The van der Waals surface area contributed by atoms with E-state index in [9.17, 15) is 8.42 Å². The van der Waals surface area contributed by atoms with E-state index < -0.39 is 9.84 Å². The molecule has 0 bridgehead atoms. The third-order valence-electron chi connectivity index (χ3n) is 2.96. The van der Waals surface area contributed by atoms with Gasteiger partial charge in [0.1, 0.15) is 18.1 Å². The number of sulfone groups is 1. The third kappa shape index (κ3) is 3.88. The van der Waals surface area contributed by atoms with Gasteiger partial charge in [-0.25, -0.2) is 8.42 Å². The summed E-state index contributed by atoms with van der Waals surface area (Å²) in [6.45, 7) is 0.307. The normalized spacial score (nSPS) is 11.1. The molecule has 2 aromatic rings. The standard InChI is InChI=1S/C15H17NO4S/c1-19-15-9-12(16)4-3-11(15)10-20-13-5-7-14(8-6-13)21(2,17)18/h3-9H,10,16H2,1-2H3. The average molecular weight is 307 g/mol. The smallest absolute Gasteiger partial charge is 0.175 e. The van der Waals surface area contributed by atoms with Crippen molar-refractivity contribution in [2.45, 2.75) is 11.5 Å². The lowest BCUT2D eigenvalue weighted by Gasteiger charge is -2.11. The summed E-state index contributed by atoms with van der Waals surface area (Å²) in [5, 5.41) is 0. The van der Waals surface area contributed by atoms with Crippen molar-refractivity contribution in [2.24, 2.45) is 0 Å². The first-order chi connectivity index (χ1) is 9.90. The lowest BCUT2D eigenvalue weighted by molar-refractivity contribution is 0.296. The van der Waals surface area contributed by atoms with Gasteiger partial charge in [-0.1, -0.05) is 0 Å².